The van der Waals surface area contributed by atoms with Gasteiger partial charge in [0.15, 0.2) is 0 Å². The van der Waals surface area contributed by atoms with E-state index in [2.05, 4.69) is 10.6 Å². The summed E-state index contributed by atoms with van der Waals surface area (Å²) in [6.07, 6.45) is 24.9. The fourth-order valence-electron chi connectivity index (χ4n) is 8.73. The maximum absolute atomic E-state index is 14.0. The Morgan fingerprint density at radius 3 is 1.00 bits per heavy atom. The molecule has 4 aliphatic carbocycles. The molecule has 0 spiro atoms. The molecule has 1 aromatic rings. The van der Waals surface area contributed by atoms with Gasteiger partial charge in [-0.05, 0) is 87.2 Å². The van der Waals surface area contributed by atoms with Crippen LogP contribution < -0.4 is 10.6 Å². The van der Waals surface area contributed by atoms with Gasteiger partial charge in [0.2, 0.25) is 11.8 Å². The average Bonchev–Trinajstić information content (AvgIpc) is 2.97. The van der Waals surface area contributed by atoms with E-state index in [4.69, 9.17) is 0 Å². The summed E-state index contributed by atoms with van der Waals surface area (Å²) in [6.45, 7) is 0. The van der Waals surface area contributed by atoms with E-state index in [0.29, 0.717) is 23.7 Å². The van der Waals surface area contributed by atoms with Crippen molar-refractivity contribution in [3.05, 3.63) is 24.3 Å². The average molecular weight is 521 g/mol. The SMILES string of the molecule is O=C(Nc1ccccc1NC(=O)C(C1CCCCC1)C1CCCCC1)C(C1CCCCC1)C1CCCCC1. The van der Waals surface area contributed by atoms with Gasteiger partial charge in [-0.15, -0.1) is 0 Å². The van der Waals surface area contributed by atoms with Gasteiger partial charge in [-0.3, -0.25) is 9.59 Å². The quantitative estimate of drug-likeness (QED) is 0.359. The molecule has 0 saturated heterocycles. The van der Waals surface area contributed by atoms with E-state index in [9.17, 15) is 9.59 Å². The first-order valence-electron chi connectivity index (χ1n) is 16.4. The summed E-state index contributed by atoms with van der Waals surface area (Å²) < 4.78 is 0. The largest absolute Gasteiger partial charge is 0.324 e. The van der Waals surface area contributed by atoms with Gasteiger partial charge < -0.3 is 10.6 Å². The Hall–Kier alpha value is -1.84. The smallest absolute Gasteiger partial charge is 0.228 e. The molecule has 2 amide bonds. The van der Waals surface area contributed by atoms with Crippen molar-refractivity contribution in [2.45, 2.75) is 128 Å². The van der Waals surface area contributed by atoms with Crippen molar-refractivity contribution in [3.8, 4) is 0 Å². The molecule has 0 aliphatic heterocycles. The molecule has 4 nitrogen and oxygen atoms in total. The molecule has 38 heavy (non-hydrogen) atoms. The minimum absolute atomic E-state index is 0.108. The van der Waals surface area contributed by atoms with Crippen LogP contribution in [0.2, 0.25) is 0 Å². The van der Waals surface area contributed by atoms with Crippen molar-refractivity contribution in [1.82, 2.24) is 0 Å². The normalized spacial score (nSPS) is 23.0. The van der Waals surface area contributed by atoms with Gasteiger partial charge in [0, 0.05) is 11.8 Å². The Morgan fingerprint density at radius 2 is 0.737 bits per heavy atom. The molecule has 4 heteroatoms. The van der Waals surface area contributed by atoms with E-state index in [-0.39, 0.29) is 23.7 Å². The predicted molar refractivity (Wildman–Crippen MR) is 157 cm³/mol. The number of carbonyl (C=O) groups is 2. The first-order valence-corrected chi connectivity index (χ1v) is 16.4. The van der Waals surface area contributed by atoms with E-state index in [1.807, 2.05) is 24.3 Å². The zero-order valence-corrected chi connectivity index (χ0v) is 23.7. The highest BCUT2D eigenvalue weighted by atomic mass is 16.2. The summed E-state index contributed by atoms with van der Waals surface area (Å²) in [5.74, 6) is 2.65. The maximum Gasteiger partial charge on any atom is 0.228 e. The number of anilines is 2. The number of para-hydroxylation sites is 2. The Bertz CT molecular complexity index is 781. The highest BCUT2D eigenvalue weighted by molar-refractivity contribution is 6.01. The molecule has 4 fully saturated rings. The van der Waals surface area contributed by atoms with Gasteiger partial charge in [-0.2, -0.15) is 0 Å². The lowest BCUT2D eigenvalue weighted by Crippen LogP contribution is -2.38. The molecule has 0 unspecified atom stereocenters. The third kappa shape index (κ3) is 7.02. The zero-order valence-electron chi connectivity index (χ0n) is 23.7. The van der Waals surface area contributed by atoms with E-state index in [1.54, 1.807) is 0 Å². The number of carbonyl (C=O) groups excluding carboxylic acids is 2. The van der Waals surface area contributed by atoms with Crippen LogP contribution in [0.4, 0.5) is 11.4 Å². The number of amides is 2. The van der Waals surface area contributed by atoms with Crippen molar-refractivity contribution in [2.75, 3.05) is 10.6 Å². The van der Waals surface area contributed by atoms with Crippen LogP contribution in [0.5, 0.6) is 0 Å². The fourth-order valence-corrected chi connectivity index (χ4v) is 8.73. The van der Waals surface area contributed by atoms with Crippen molar-refractivity contribution < 1.29 is 9.59 Å². The molecule has 5 rings (SSSR count). The van der Waals surface area contributed by atoms with Crippen molar-refractivity contribution in [1.29, 1.82) is 0 Å². The van der Waals surface area contributed by atoms with Crippen LogP contribution in [0.1, 0.15) is 128 Å². The molecule has 1 aromatic carbocycles. The van der Waals surface area contributed by atoms with Crippen molar-refractivity contribution in [2.24, 2.45) is 35.5 Å². The molecule has 4 aliphatic rings. The van der Waals surface area contributed by atoms with Gasteiger partial charge in [-0.25, -0.2) is 0 Å². The first kappa shape index (κ1) is 27.7. The summed E-state index contributed by atoms with van der Waals surface area (Å²) in [6, 6.07) is 7.95. The number of hydrogen-bond donors (Lipinski definition) is 2. The standard InChI is InChI=1S/C34H52N2O2/c37-33(31(25-15-5-1-6-16-25)26-17-7-2-8-18-26)35-29-23-13-14-24-30(29)36-34(38)32(27-19-9-3-10-20-27)28-21-11-4-12-22-28/h13-14,23-28,31-32H,1-12,15-22H2,(H,35,37)(H,36,38). The Morgan fingerprint density at radius 1 is 0.474 bits per heavy atom. The molecule has 4 saturated carbocycles. The third-order valence-electron chi connectivity index (χ3n) is 10.7. The van der Waals surface area contributed by atoms with Crippen LogP contribution in [0.3, 0.4) is 0 Å². The van der Waals surface area contributed by atoms with Gasteiger partial charge in [0.25, 0.3) is 0 Å². The van der Waals surface area contributed by atoms with E-state index in [0.717, 1.165) is 11.4 Å². The Labute approximate surface area is 231 Å². The number of nitrogens with one attached hydrogen (secondary N) is 2. The second-order valence-corrected chi connectivity index (χ2v) is 13.2. The van der Waals surface area contributed by atoms with Crippen LogP contribution in [-0.2, 0) is 9.59 Å². The monoisotopic (exact) mass is 520 g/mol. The van der Waals surface area contributed by atoms with Crippen molar-refractivity contribution in [3.63, 3.8) is 0 Å². The molecule has 0 bridgehead atoms. The predicted octanol–water partition coefficient (Wildman–Crippen LogP) is 9.12. The Kier molecular flexibility index (Phi) is 10.2. The molecule has 0 heterocycles. The van der Waals surface area contributed by atoms with Crippen molar-refractivity contribution >= 4 is 23.2 Å². The molecule has 0 radical (unpaired) electrons. The molecular formula is C34H52N2O2. The van der Waals surface area contributed by atoms with Gasteiger partial charge >= 0.3 is 0 Å². The molecular weight excluding hydrogens is 468 g/mol. The minimum Gasteiger partial charge on any atom is -0.324 e. The van der Waals surface area contributed by atoms with Crippen LogP contribution in [0, 0.1) is 35.5 Å². The fraction of sp³-hybridized carbons (Fsp3) is 0.765. The summed E-state index contributed by atoms with van der Waals surface area (Å²) in [4.78, 5) is 27.9. The lowest BCUT2D eigenvalue weighted by molar-refractivity contribution is -0.125. The number of benzene rings is 1. The molecule has 0 atom stereocenters. The minimum atomic E-state index is 0.108. The number of rotatable bonds is 8. The van der Waals surface area contributed by atoms with Gasteiger partial charge in [-0.1, -0.05) is 89.2 Å². The Balaban J connectivity index is 1.32. The van der Waals surface area contributed by atoms with E-state index >= 15 is 0 Å². The first-order chi connectivity index (χ1) is 18.7. The second kappa shape index (κ2) is 14.0. The third-order valence-corrected chi connectivity index (χ3v) is 10.7. The zero-order chi connectivity index (χ0) is 26.2. The summed E-state index contributed by atoms with van der Waals surface area (Å²) in [5, 5.41) is 6.71. The number of hydrogen-bond acceptors (Lipinski definition) is 2. The van der Waals surface area contributed by atoms with Crippen LogP contribution >= 0.6 is 0 Å². The van der Waals surface area contributed by atoms with Crippen LogP contribution in [0.15, 0.2) is 24.3 Å². The summed E-state index contributed by atoms with van der Waals surface area (Å²) >= 11 is 0. The van der Waals surface area contributed by atoms with Gasteiger partial charge in [0.1, 0.15) is 0 Å². The molecule has 210 valence electrons. The second-order valence-electron chi connectivity index (χ2n) is 13.2. The topological polar surface area (TPSA) is 58.2 Å². The highest BCUT2D eigenvalue weighted by Crippen LogP contribution is 2.42. The molecule has 0 aromatic heterocycles. The maximum atomic E-state index is 14.0. The lowest BCUT2D eigenvalue weighted by atomic mass is 9.69. The summed E-state index contributed by atoms with van der Waals surface area (Å²) in [7, 11) is 0. The van der Waals surface area contributed by atoms with Crippen LogP contribution in [0.25, 0.3) is 0 Å². The van der Waals surface area contributed by atoms with E-state index < -0.39 is 0 Å². The van der Waals surface area contributed by atoms with E-state index in [1.165, 1.54) is 128 Å². The lowest BCUT2D eigenvalue weighted by Gasteiger charge is -2.37. The van der Waals surface area contributed by atoms with Gasteiger partial charge in [0.05, 0.1) is 11.4 Å². The molecule has 2 N–H and O–H groups in total. The van der Waals surface area contributed by atoms with Crippen LogP contribution in [-0.4, -0.2) is 11.8 Å². The highest BCUT2D eigenvalue weighted by Gasteiger charge is 2.38. The summed E-state index contributed by atoms with van der Waals surface area (Å²) in [5.41, 5.74) is 1.57.